The Morgan fingerprint density at radius 2 is 1.41 bits per heavy atom. The molecule has 1 N–H and O–H groups in total. The summed E-state index contributed by atoms with van der Waals surface area (Å²) in [6.07, 6.45) is 0. The summed E-state index contributed by atoms with van der Waals surface area (Å²) in [6.45, 7) is 0. The van der Waals surface area contributed by atoms with Gasteiger partial charge in [0, 0.05) is 21.5 Å². The Labute approximate surface area is 155 Å². The highest BCUT2D eigenvalue weighted by Crippen LogP contribution is 2.37. The van der Waals surface area contributed by atoms with E-state index in [1.807, 2.05) is 12.1 Å². The molecule has 0 unspecified atom stereocenters. The third kappa shape index (κ3) is 2.02. The summed E-state index contributed by atoms with van der Waals surface area (Å²) in [5.41, 5.74) is 6.32. The van der Waals surface area contributed by atoms with Crippen molar-refractivity contribution in [1.29, 1.82) is 0 Å². The lowest BCUT2D eigenvalue weighted by Crippen LogP contribution is -1.88. The van der Waals surface area contributed by atoms with Crippen LogP contribution in [-0.4, -0.2) is 15.2 Å². The van der Waals surface area contributed by atoms with Gasteiger partial charge in [0.25, 0.3) is 0 Å². The van der Waals surface area contributed by atoms with Crippen LogP contribution in [0.4, 0.5) is 0 Å². The fourth-order valence-corrected chi connectivity index (χ4v) is 4.05. The molecule has 0 fully saturated rings. The van der Waals surface area contributed by atoms with Crippen LogP contribution in [0.15, 0.2) is 84.9 Å². The van der Waals surface area contributed by atoms with Crippen LogP contribution in [-0.2, 0) is 0 Å². The van der Waals surface area contributed by atoms with Crippen LogP contribution in [0.25, 0.3) is 54.7 Å². The highest BCUT2D eigenvalue weighted by molar-refractivity contribution is 6.22. The number of para-hydroxylation sites is 1. The zero-order valence-corrected chi connectivity index (χ0v) is 14.5. The van der Waals surface area contributed by atoms with E-state index < -0.39 is 0 Å². The number of nitrogens with zero attached hydrogens (tertiary/aromatic N) is 2. The van der Waals surface area contributed by atoms with Crippen LogP contribution in [0.2, 0.25) is 0 Å². The van der Waals surface area contributed by atoms with E-state index in [0.29, 0.717) is 0 Å². The first kappa shape index (κ1) is 14.4. The second-order valence-corrected chi connectivity index (χ2v) is 6.80. The van der Waals surface area contributed by atoms with E-state index in [4.69, 9.17) is 4.98 Å². The quantitative estimate of drug-likeness (QED) is 0.367. The molecule has 6 aromatic rings. The first-order valence-corrected chi connectivity index (χ1v) is 9.04. The molecule has 0 amide bonds. The van der Waals surface area contributed by atoms with Gasteiger partial charge in [0.2, 0.25) is 0 Å². The van der Waals surface area contributed by atoms with Gasteiger partial charge in [0.1, 0.15) is 5.52 Å². The van der Waals surface area contributed by atoms with E-state index in [9.17, 15) is 0 Å². The van der Waals surface area contributed by atoms with Gasteiger partial charge in [-0.3, -0.25) is 5.10 Å². The number of benzene rings is 4. The number of hydrogen-bond acceptors (Lipinski definition) is 2. The third-order valence-electron chi connectivity index (χ3n) is 5.29. The van der Waals surface area contributed by atoms with E-state index in [2.05, 4.69) is 83.0 Å². The molecule has 2 heterocycles. The van der Waals surface area contributed by atoms with Crippen molar-refractivity contribution < 1.29 is 0 Å². The SMILES string of the molecule is c1ccc(-c2cccc3nc4c(ccc5c6ccccc6[nH]nc54)c23)cc1. The van der Waals surface area contributed by atoms with Gasteiger partial charge < -0.3 is 0 Å². The summed E-state index contributed by atoms with van der Waals surface area (Å²) in [5, 5.41) is 12.5. The molecular formula is C24H15N3. The van der Waals surface area contributed by atoms with Crippen LogP contribution in [0.1, 0.15) is 0 Å². The number of H-pyrrole nitrogens is 1. The largest absolute Gasteiger partial charge is 0.277 e. The van der Waals surface area contributed by atoms with Gasteiger partial charge in [-0.1, -0.05) is 72.8 Å². The van der Waals surface area contributed by atoms with Gasteiger partial charge in [-0.2, -0.15) is 5.10 Å². The molecule has 6 rings (SSSR count). The summed E-state index contributed by atoms with van der Waals surface area (Å²) in [5.74, 6) is 0. The van der Waals surface area contributed by atoms with E-state index in [0.717, 1.165) is 32.8 Å². The fraction of sp³-hybridized carbons (Fsp3) is 0. The van der Waals surface area contributed by atoms with Crippen LogP contribution in [0.3, 0.4) is 0 Å². The van der Waals surface area contributed by atoms with Crippen molar-refractivity contribution in [1.82, 2.24) is 15.2 Å². The second-order valence-electron chi connectivity index (χ2n) is 6.80. The highest BCUT2D eigenvalue weighted by Gasteiger charge is 2.15. The maximum absolute atomic E-state index is 4.95. The average molecular weight is 345 g/mol. The van der Waals surface area contributed by atoms with Gasteiger partial charge in [0.15, 0.2) is 0 Å². The molecule has 126 valence electrons. The van der Waals surface area contributed by atoms with Crippen molar-refractivity contribution in [3.63, 3.8) is 0 Å². The average Bonchev–Trinajstić information content (AvgIpc) is 3.13. The van der Waals surface area contributed by atoms with Crippen LogP contribution in [0.5, 0.6) is 0 Å². The minimum Gasteiger partial charge on any atom is -0.277 e. The molecule has 0 saturated heterocycles. The molecule has 0 aliphatic carbocycles. The maximum Gasteiger partial charge on any atom is 0.117 e. The van der Waals surface area contributed by atoms with Gasteiger partial charge in [-0.25, -0.2) is 4.98 Å². The zero-order chi connectivity index (χ0) is 17.8. The van der Waals surface area contributed by atoms with Gasteiger partial charge >= 0.3 is 0 Å². The Balaban J connectivity index is 1.78. The molecule has 0 atom stereocenters. The highest BCUT2D eigenvalue weighted by atomic mass is 15.1. The molecule has 2 aromatic heterocycles. The molecular weight excluding hydrogens is 330 g/mol. The Kier molecular flexibility index (Phi) is 2.88. The van der Waals surface area contributed by atoms with Gasteiger partial charge in [-0.05, 0) is 23.3 Å². The Hall–Kier alpha value is -3.72. The number of rotatable bonds is 1. The normalized spacial score (nSPS) is 11.7. The summed E-state index contributed by atoms with van der Waals surface area (Å²) >= 11 is 0. The molecule has 0 aliphatic heterocycles. The summed E-state index contributed by atoms with van der Waals surface area (Å²) < 4.78 is 0. The van der Waals surface area contributed by atoms with Crippen molar-refractivity contribution in [2.24, 2.45) is 0 Å². The lowest BCUT2D eigenvalue weighted by molar-refractivity contribution is 1.12. The fourth-order valence-electron chi connectivity index (χ4n) is 4.05. The minimum atomic E-state index is 0.918. The maximum atomic E-state index is 4.95. The van der Waals surface area contributed by atoms with Crippen LogP contribution < -0.4 is 0 Å². The summed E-state index contributed by atoms with van der Waals surface area (Å²) in [7, 11) is 0. The van der Waals surface area contributed by atoms with Crippen molar-refractivity contribution in [2.45, 2.75) is 0 Å². The van der Waals surface area contributed by atoms with Crippen molar-refractivity contribution in [3.8, 4) is 11.1 Å². The molecule has 27 heavy (non-hydrogen) atoms. The minimum absolute atomic E-state index is 0.918. The molecule has 0 spiro atoms. The van der Waals surface area contributed by atoms with E-state index in [1.54, 1.807) is 0 Å². The number of aromatic amines is 1. The topological polar surface area (TPSA) is 41.6 Å². The number of hydrogen-bond donors (Lipinski definition) is 1. The summed E-state index contributed by atoms with van der Waals surface area (Å²) in [4.78, 5) is 4.95. The number of aromatic nitrogens is 3. The summed E-state index contributed by atoms with van der Waals surface area (Å²) in [6, 6.07) is 29.4. The molecule has 0 bridgehead atoms. The molecule has 3 heteroatoms. The molecule has 0 radical (unpaired) electrons. The van der Waals surface area contributed by atoms with Crippen molar-refractivity contribution in [3.05, 3.63) is 84.9 Å². The lowest BCUT2D eigenvalue weighted by Gasteiger charge is -2.05. The second kappa shape index (κ2) is 5.39. The number of fused-ring (bicyclic) bond motifs is 7. The first-order chi connectivity index (χ1) is 13.4. The van der Waals surface area contributed by atoms with E-state index in [1.165, 1.54) is 21.9 Å². The standard InChI is InChI=1S/C24H15N3/c1-2-7-15(8-3-1)16-10-6-12-21-22(16)19-14-13-18-17-9-4-5-11-20(17)26-27-24(18)23(19)25-21/h1-14,26H. The van der Waals surface area contributed by atoms with Crippen molar-refractivity contribution in [2.75, 3.05) is 0 Å². The van der Waals surface area contributed by atoms with E-state index >= 15 is 0 Å². The van der Waals surface area contributed by atoms with Crippen molar-refractivity contribution >= 4 is 43.6 Å². The molecule has 0 saturated carbocycles. The lowest BCUT2D eigenvalue weighted by atomic mass is 9.99. The van der Waals surface area contributed by atoms with E-state index in [-0.39, 0.29) is 0 Å². The third-order valence-corrected chi connectivity index (χ3v) is 5.29. The van der Waals surface area contributed by atoms with Gasteiger partial charge in [0.05, 0.1) is 16.6 Å². The zero-order valence-electron chi connectivity index (χ0n) is 14.5. The Bertz CT molecular complexity index is 1460. The predicted molar refractivity (Wildman–Crippen MR) is 112 cm³/mol. The number of nitrogens with one attached hydrogen (secondary N) is 1. The van der Waals surface area contributed by atoms with Crippen LogP contribution >= 0.6 is 0 Å². The first-order valence-electron chi connectivity index (χ1n) is 9.04. The molecule has 3 nitrogen and oxygen atoms in total. The smallest absolute Gasteiger partial charge is 0.117 e. The Morgan fingerprint density at radius 3 is 2.33 bits per heavy atom. The Morgan fingerprint density at radius 1 is 0.593 bits per heavy atom. The monoisotopic (exact) mass is 345 g/mol. The molecule has 4 aromatic carbocycles. The van der Waals surface area contributed by atoms with Gasteiger partial charge in [-0.15, -0.1) is 0 Å². The predicted octanol–water partition coefficient (Wildman–Crippen LogP) is 6.08. The van der Waals surface area contributed by atoms with Crippen LogP contribution in [0, 0.1) is 0 Å². The molecule has 0 aliphatic rings.